The molecule has 0 atom stereocenters. The zero-order valence-electron chi connectivity index (χ0n) is 10.1. The smallest absolute Gasteiger partial charge is 0.384 e. The summed E-state index contributed by atoms with van der Waals surface area (Å²) in [5.74, 6) is 0.323. The number of anilines is 3. The Kier molecular flexibility index (Phi) is 3.48. The van der Waals surface area contributed by atoms with Gasteiger partial charge in [0.15, 0.2) is 0 Å². The largest absolute Gasteiger partial charge is 0.416 e. The number of nitrogens with zero attached hydrogens (tertiary/aromatic N) is 2. The van der Waals surface area contributed by atoms with Crippen LogP contribution in [0, 0.1) is 11.3 Å². The minimum absolute atomic E-state index is 0.100. The van der Waals surface area contributed by atoms with Crippen molar-refractivity contribution in [3.63, 3.8) is 0 Å². The van der Waals surface area contributed by atoms with Gasteiger partial charge in [0.1, 0.15) is 11.9 Å². The molecule has 7 heteroatoms. The lowest BCUT2D eigenvalue weighted by molar-refractivity contribution is -0.137. The van der Waals surface area contributed by atoms with Crippen LogP contribution in [0.25, 0.3) is 0 Å². The molecule has 0 saturated carbocycles. The van der Waals surface area contributed by atoms with Crippen molar-refractivity contribution >= 4 is 17.2 Å². The summed E-state index contributed by atoms with van der Waals surface area (Å²) in [7, 11) is 0. The summed E-state index contributed by atoms with van der Waals surface area (Å²) in [6.45, 7) is 0. The van der Waals surface area contributed by atoms with Crippen LogP contribution in [0.3, 0.4) is 0 Å². The van der Waals surface area contributed by atoms with Gasteiger partial charge in [-0.15, -0.1) is 0 Å². The van der Waals surface area contributed by atoms with E-state index in [0.717, 1.165) is 12.1 Å². The molecule has 0 radical (unpaired) electrons. The standard InChI is InChI=1S/C13H9F3N4/c14-13(15,16)9-1-3-11(8(5-9)6-17)20-10-2-4-12(18)19-7-10/h1-5,7,20H,(H2,18,19). The number of nitrogens with two attached hydrogens (primary N) is 1. The molecule has 0 fully saturated rings. The molecule has 0 aliphatic rings. The van der Waals surface area contributed by atoms with Gasteiger partial charge in [0, 0.05) is 0 Å². The van der Waals surface area contributed by atoms with Gasteiger partial charge in [-0.2, -0.15) is 18.4 Å². The van der Waals surface area contributed by atoms with Gasteiger partial charge in [-0.3, -0.25) is 0 Å². The molecular weight excluding hydrogens is 269 g/mol. The number of halogens is 3. The lowest BCUT2D eigenvalue weighted by Crippen LogP contribution is -2.06. The molecule has 0 saturated heterocycles. The van der Waals surface area contributed by atoms with Crippen LogP contribution in [0.5, 0.6) is 0 Å². The molecule has 2 rings (SSSR count). The lowest BCUT2D eigenvalue weighted by atomic mass is 10.1. The third-order valence-corrected chi connectivity index (χ3v) is 2.53. The van der Waals surface area contributed by atoms with Crippen LogP contribution in [-0.2, 0) is 6.18 Å². The van der Waals surface area contributed by atoms with Gasteiger partial charge in [0.05, 0.1) is 28.7 Å². The Balaban J connectivity index is 2.33. The Morgan fingerprint density at radius 2 is 1.95 bits per heavy atom. The monoisotopic (exact) mass is 278 g/mol. The van der Waals surface area contributed by atoms with Crippen LogP contribution in [0.4, 0.5) is 30.4 Å². The maximum atomic E-state index is 12.6. The zero-order valence-corrected chi connectivity index (χ0v) is 10.1. The second-order valence-electron chi connectivity index (χ2n) is 3.97. The van der Waals surface area contributed by atoms with E-state index in [1.165, 1.54) is 12.3 Å². The van der Waals surface area contributed by atoms with Crippen molar-refractivity contribution in [2.75, 3.05) is 11.1 Å². The Morgan fingerprint density at radius 1 is 1.20 bits per heavy atom. The first-order valence-corrected chi connectivity index (χ1v) is 5.50. The highest BCUT2D eigenvalue weighted by Gasteiger charge is 2.31. The second-order valence-corrected chi connectivity index (χ2v) is 3.97. The van der Waals surface area contributed by atoms with E-state index in [1.807, 2.05) is 0 Å². The van der Waals surface area contributed by atoms with E-state index in [0.29, 0.717) is 11.5 Å². The maximum Gasteiger partial charge on any atom is 0.416 e. The van der Waals surface area contributed by atoms with Crippen molar-refractivity contribution in [2.45, 2.75) is 6.18 Å². The summed E-state index contributed by atoms with van der Waals surface area (Å²) in [4.78, 5) is 3.84. The first-order chi connectivity index (χ1) is 9.40. The first-order valence-electron chi connectivity index (χ1n) is 5.50. The van der Waals surface area contributed by atoms with E-state index < -0.39 is 11.7 Å². The van der Waals surface area contributed by atoms with Crippen molar-refractivity contribution in [3.8, 4) is 6.07 Å². The van der Waals surface area contributed by atoms with Crippen LogP contribution in [0.2, 0.25) is 0 Å². The van der Waals surface area contributed by atoms with E-state index in [1.54, 1.807) is 18.2 Å². The Bertz CT molecular complexity index is 657. The van der Waals surface area contributed by atoms with Crippen LogP contribution < -0.4 is 11.1 Å². The zero-order chi connectivity index (χ0) is 14.8. The topological polar surface area (TPSA) is 74.7 Å². The fourth-order valence-corrected chi connectivity index (χ4v) is 1.56. The SMILES string of the molecule is N#Cc1cc(C(F)(F)F)ccc1Nc1ccc(N)nc1. The first kappa shape index (κ1) is 13.7. The molecule has 0 aliphatic carbocycles. The lowest BCUT2D eigenvalue weighted by Gasteiger charge is -2.11. The number of benzene rings is 1. The molecule has 1 aromatic carbocycles. The third kappa shape index (κ3) is 2.98. The molecule has 3 N–H and O–H groups in total. The van der Waals surface area contributed by atoms with Gasteiger partial charge in [-0.25, -0.2) is 4.98 Å². The molecule has 1 aromatic heterocycles. The van der Waals surface area contributed by atoms with Gasteiger partial charge in [-0.05, 0) is 30.3 Å². The highest BCUT2D eigenvalue weighted by atomic mass is 19.4. The molecule has 20 heavy (non-hydrogen) atoms. The molecule has 0 bridgehead atoms. The number of pyridine rings is 1. The highest BCUT2D eigenvalue weighted by molar-refractivity contribution is 5.67. The van der Waals surface area contributed by atoms with Gasteiger partial charge in [0.2, 0.25) is 0 Å². The van der Waals surface area contributed by atoms with Gasteiger partial charge < -0.3 is 11.1 Å². The molecular formula is C13H9F3N4. The Morgan fingerprint density at radius 3 is 2.50 bits per heavy atom. The van der Waals surface area contributed by atoms with Crippen molar-refractivity contribution in [2.24, 2.45) is 0 Å². The second kappa shape index (κ2) is 5.09. The van der Waals surface area contributed by atoms with E-state index in [4.69, 9.17) is 11.0 Å². The van der Waals surface area contributed by atoms with Crippen molar-refractivity contribution in [1.29, 1.82) is 5.26 Å². The summed E-state index contributed by atoms with van der Waals surface area (Å²) in [5.41, 5.74) is 5.26. The van der Waals surface area contributed by atoms with Gasteiger partial charge >= 0.3 is 6.18 Å². The molecule has 0 spiro atoms. The number of alkyl halides is 3. The molecule has 1 heterocycles. The Labute approximate surface area is 112 Å². The summed E-state index contributed by atoms with van der Waals surface area (Å²) >= 11 is 0. The number of rotatable bonds is 2. The van der Waals surface area contributed by atoms with Gasteiger partial charge in [0.25, 0.3) is 0 Å². The van der Waals surface area contributed by atoms with Crippen LogP contribution in [-0.4, -0.2) is 4.98 Å². The number of nitriles is 1. The predicted molar refractivity (Wildman–Crippen MR) is 68.1 cm³/mol. The molecule has 0 aliphatic heterocycles. The summed E-state index contributed by atoms with van der Waals surface area (Å²) < 4.78 is 37.7. The fourth-order valence-electron chi connectivity index (χ4n) is 1.56. The van der Waals surface area contributed by atoms with Crippen LogP contribution in [0.15, 0.2) is 36.5 Å². The van der Waals surface area contributed by atoms with E-state index in [-0.39, 0.29) is 11.3 Å². The quantitative estimate of drug-likeness (QED) is 0.883. The number of nitrogens with one attached hydrogen (secondary N) is 1. The average molecular weight is 278 g/mol. The van der Waals surface area contributed by atoms with Crippen molar-refractivity contribution < 1.29 is 13.2 Å². The van der Waals surface area contributed by atoms with E-state index in [2.05, 4.69) is 10.3 Å². The normalized spacial score (nSPS) is 10.9. The molecule has 2 aromatic rings. The number of hydrogen-bond acceptors (Lipinski definition) is 4. The number of aromatic nitrogens is 1. The molecule has 102 valence electrons. The minimum atomic E-state index is -4.48. The third-order valence-electron chi connectivity index (χ3n) is 2.53. The average Bonchev–Trinajstić information content (AvgIpc) is 2.40. The van der Waals surface area contributed by atoms with Crippen LogP contribution >= 0.6 is 0 Å². The molecule has 0 amide bonds. The number of nitrogen functional groups attached to an aromatic ring is 1. The van der Waals surface area contributed by atoms with Crippen molar-refractivity contribution in [3.05, 3.63) is 47.7 Å². The molecule has 4 nitrogen and oxygen atoms in total. The van der Waals surface area contributed by atoms with Gasteiger partial charge in [-0.1, -0.05) is 0 Å². The molecule has 0 unspecified atom stereocenters. The predicted octanol–water partition coefficient (Wildman–Crippen LogP) is 3.30. The van der Waals surface area contributed by atoms with E-state index in [9.17, 15) is 13.2 Å². The maximum absolute atomic E-state index is 12.6. The summed E-state index contributed by atoms with van der Waals surface area (Å²) in [6, 6.07) is 7.80. The van der Waals surface area contributed by atoms with Crippen molar-refractivity contribution in [1.82, 2.24) is 4.98 Å². The van der Waals surface area contributed by atoms with E-state index >= 15 is 0 Å². The Hall–Kier alpha value is -2.75. The summed E-state index contributed by atoms with van der Waals surface area (Å²) in [6.07, 6.45) is -3.05. The van der Waals surface area contributed by atoms with Crippen LogP contribution in [0.1, 0.15) is 11.1 Å². The minimum Gasteiger partial charge on any atom is -0.384 e. The fraction of sp³-hybridized carbons (Fsp3) is 0.0769. The summed E-state index contributed by atoms with van der Waals surface area (Å²) in [5, 5.41) is 11.8. The number of hydrogen-bond donors (Lipinski definition) is 2. The highest BCUT2D eigenvalue weighted by Crippen LogP contribution is 2.32.